The molecule has 0 saturated carbocycles. The molecule has 0 spiro atoms. The molecule has 0 saturated heterocycles. The summed E-state index contributed by atoms with van der Waals surface area (Å²) in [4.78, 5) is 0. The molecule has 1 N–H and O–H groups in total. The third-order valence-corrected chi connectivity index (χ3v) is 4.62. The van der Waals surface area contributed by atoms with Crippen molar-refractivity contribution in [2.24, 2.45) is 0 Å². The molecule has 3 nitrogen and oxygen atoms in total. The number of anilines is 1. The van der Waals surface area contributed by atoms with Crippen LogP contribution in [-0.4, -0.2) is 7.11 Å². The Labute approximate surface area is 132 Å². The van der Waals surface area contributed by atoms with E-state index in [9.17, 15) is 0 Å². The van der Waals surface area contributed by atoms with E-state index in [2.05, 4.69) is 45.5 Å². The number of rotatable bonds is 3. The van der Waals surface area contributed by atoms with Gasteiger partial charge in [-0.05, 0) is 42.2 Å². The highest BCUT2D eigenvalue weighted by molar-refractivity contribution is 9.10. The van der Waals surface area contributed by atoms with Crippen LogP contribution in [0.1, 0.15) is 29.2 Å². The second kappa shape index (κ2) is 5.79. The second-order valence-corrected chi connectivity index (χ2v) is 5.92. The van der Waals surface area contributed by atoms with Gasteiger partial charge < -0.3 is 10.1 Å². The van der Waals surface area contributed by atoms with Crippen LogP contribution in [0.3, 0.4) is 0 Å². The van der Waals surface area contributed by atoms with Crippen LogP contribution in [-0.2, 0) is 6.42 Å². The molecule has 0 aromatic heterocycles. The molecular formula is C17H15BrN2O. The number of ether oxygens (including phenoxy) is 1. The normalized spacial score (nSPS) is 16.1. The van der Waals surface area contributed by atoms with Crippen molar-refractivity contribution < 1.29 is 4.74 Å². The van der Waals surface area contributed by atoms with E-state index < -0.39 is 0 Å². The molecule has 0 fully saturated rings. The quantitative estimate of drug-likeness (QED) is 0.897. The van der Waals surface area contributed by atoms with E-state index in [0.29, 0.717) is 11.3 Å². The van der Waals surface area contributed by atoms with Crippen LogP contribution in [0, 0.1) is 11.3 Å². The Kier molecular flexibility index (Phi) is 3.85. The Morgan fingerprint density at radius 3 is 2.95 bits per heavy atom. The number of methoxy groups -OCH3 is 1. The predicted molar refractivity (Wildman–Crippen MR) is 86.5 cm³/mol. The van der Waals surface area contributed by atoms with Crippen molar-refractivity contribution >= 4 is 21.6 Å². The van der Waals surface area contributed by atoms with E-state index >= 15 is 0 Å². The number of benzene rings is 2. The van der Waals surface area contributed by atoms with Crippen molar-refractivity contribution in [3.63, 3.8) is 0 Å². The van der Waals surface area contributed by atoms with E-state index in [1.165, 1.54) is 15.6 Å². The molecule has 0 aliphatic heterocycles. The standard InChI is InChI=1S/C17H15BrN2O/c1-21-17-9-11(10-19)5-7-16(17)20-15-8-6-12-13(15)3-2-4-14(12)18/h2-5,7,9,15,20H,6,8H2,1H3. The summed E-state index contributed by atoms with van der Waals surface area (Å²) in [7, 11) is 1.63. The van der Waals surface area contributed by atoms with Crippen molar-refractivity contribution in [1.29, 1.82) is 5.26 Å². The minimum Gasteiger partial charge on any atom is -0.495 e. The summed E-state index contributed by atoms with van der Waals surface area (Å²) in [5, 5.41) is 12.5. The molecule has 0 heterocycles. The van der Waals surface area contributed by atoms with E-state index in [4.69, 9.17) is 10.00 Å². The second-order valence-electron chi connectivity index (χ2n) is 5.07. The maximum atomic E-state index is 8.96. The van der Waals surface area contributed by atoms with Crippen LogP contribution in [0.25, 0.3) is 0 Å². The SMILES string of the molecule is COc1cc(C#N)ccc1NC1CCc2c(Br)cccc21. The van der Waals surface area contributed by atoms with E-state index in [1.54, 1.807) is 13.2 Å². The lowest BCUT2D eigenvalue weighted by molar-refractivity contribution is 0.416. The minimum absolute atomic E-state index is 0.277. The van der Waals surface area contributed by atoms with Gasteiger partial charge in [0.2, 0.25) is 0 Å². The third-order valence-electron chi connectivity index (χ3n) is 3.87. The zero-order valence-electron chi connectivity index (χ0n) is 11.7. The molecule has 1 aliphatic carbocycles. The Morgan fingerprint density at radius 1 is 1.33 bits per heavy atom. The van der Waals surface area contributed by atoms with Crippen LogP contribution in [0.4, 0.5) is 5.69 Å². The highest BCUT2D eigenvalue weighted by Crippen LogP contribution is 2.39. The van der Waals surface area contributed by atoms with E-state index in [1.807, 2.05) is 12.1 Å². The smallest absolute Gasteiger partial charge is 0.143 e. The molecular weight excluding hydrogens is 328 g/mol. The summed E-state index contributed by atoms with van der Waals surface area (Å²) in [5.41, 5.74) is 4.24. The van der Waals surface area contributed by atoms with Gasteiger partial charge in [-0.2, -0.15) is 5.26 Å². The van der Waals surface area contributed by atoms with Crippen molar-refractivity contribution in [2.75, 3.05) is 12.4 Å². The van der Waals surface area contributed by atoms with Crippen molar-refractivity contribution in [1.82, 2.24) is 0 Å². The largest absolute Gasteiger partial charge is 0.495 e. The average Bonchev–Trinajstić information content (AvgIpc) is 2.92. The predicted octanol–water partition coefficient (Wildman–Crippen LogP) is 4.43. The molecule has 0 radical (unpaired) electrons. The first-order chi connectivity index (χ1) is 10.2. The Balaban J connectivity index is 1.90. The molecule has 3 rings (SSSR count). The first-order valence-corrected chi connectivity index (χ1v) is 7.64. The zero-order valence-corrected chi connectivity index (χ0v) is 13.3. The molecule has 0 bridgehead atoms. The molecule has 4 heteroatoms. The number of hydrogen-bond acceptors (Lipinski definition) is 3. The molecule has 1 atom stereocenters. The lowest BCUT2D eigenvalue weighted by Crippen LogP contribution is -2.08. The number of nitrogens with zero attached hydrogens (tertiary/aromatic N) is 1. The Hall–Kier alpha value is -1.99. The summed E-state index contributed by atoms with van der Waals surface area (Å²) in [5.74, 6) is 0.706. The fraction of sp³-hybridized carbons (Fsp3) is 0.235. The first-order valence-electron chi connectivity index (χ1n) is 6.85. The monoisotopic (exact) mass is 342 g/mol. The first kappa shape index (κ1) is 14.0. The average molecular weight is 343 g/mol. The molecule has 106 valence electrons. The van der Waals surface area contributed by atoms with Gasteiger partial charge in [-0.15, -0.1) is 0 Å². The van der Waals surface area contributed by atoms with Crippen molar-refractivity contribution in [2.45, 2.75) is 18.9 Å². The van der Waals surface area contributed by atoms with E-state index in [0.717, 1.165) is 18.5 Å². The number of nitrogens with one attached hydrogen (secondary N) is 1. The van der Waals surface area contributed by atoms with Gasteiger partial charge in [0, 0.05) is 10.5 Å². The zero-order chi connectivity index (χ0) is 14.8. The van der Waals surface area contributed by atoms with Crippen LogP contribution in [0.15, 0.2) is 40.9 Å². The van der Waals surface area contributed by atoms with Gasteiger partial charge in [-0.1, -0.05) is 28.1 Å². The number of fused-ring (bicyclic) bond motifs is 1. The van der Waals surface area contributed by atoms with Gasteiger partial charge >= 0.3 is 0 Å². The summed E-state index contributed by atoms with van der Waals surface area (Å²) in [6, 6.07) is 14.2. The highest BCUT2D eigenvalue weighted by atomic mass is 79.9. The number of nitriles is 1. The lowest BCUT2D eigenvalue weighted by Gasteiger charge is -2.18. The Morgan fingerprint density at radius 2 is 2.19 bits per heavy atom. The fourth-order valence-electron chi connectivity index (χ4n) is 2.83. The minimum atomic E-state index is 0.277. The van der Waals surface area contributed by atoms with Crippen LogP contribution in [0.2, 0.25) is 0 Å². The van der Waals surface area contributed by atoms with Crippen molar-refractivity contribution in [3.8, 4) is 11.8 Å². The summed E-state index contributed by atoms with van der Waals surface area (Å²) < 4.78 is 6.56. The molecule has 2 aromatic rings. The Bertz CT molecular complexity index is 721. The maximum absolute atomic E-state index is 8.96. The topological polar surface area (TPSA) is 45.0 Å². The number of halogens is 1. The molecule has 2 aromatic carbocycles. The highest BCUT2D eigenvalue weighted by Gasteiger charge is 2.24. The van der Waals surface area contributed by atoms with Crippen LogP contribution in [0.5, 0.6) is 5.75 Å². The molecule has 21 heavy (non-hydrogen) atoms. The van der Waals surface area contributed by atoms with Gasteiger partial charge in [0.25, 0.3) is 0 Å². The van der Waals surface area contributed by atoms with Gasteiger partial charge in [-0.25, -0.2) is 0 Å². The van der Waals surface area contributed by atoms with Gasteiger partial charge in [0.15, 0.2) is 0 Å². The molecule has 0 amide bonds. The summed E-state index contributed by atoms with van der Waals surface area (Å²) in [6.45, 7) is 0. The summed E-state index contributed by atoms with van der Waals surface area (Å²) in [6.07, 6.45) is 2.12. The molecule has 1 aliphatic rings. The van der Waals surface area contributed by atoms with Crippen LogP contribution < -0.4 is 10.1 Å². The van der Waals surface area contributed by atoms with Crippen molar-refractivity contribution in [3.05, 3.63) is 57.6 Å². The summed E-state index contributed by atoms with van der Waals surface area (Å²) >= 11 is 3.62. The fourth-order valence-corrected chi connectivity index (χ4v) is 3.41. The third kappa shape index (κ3) is 2.62. The van der Waals surface area contributed by atoms with E-state index in [-0.39, 0.29) is 6.04 Å². The van der Waals surface area contributed by atoms with Gasteiger partial charge in [0.05, 0.1) is 30.5 Å². The number of hydrogen-bond donors (Lipinski definition) is 1. The van der Waals surface area contributed by atoms with Gasteiger partial charge in [-0.3, -0.25) is 0 Å². The molecule has 1 unspecified atom stereocenters. The maximum Gasteiger partial charge on any atom is 0.143 e. The lowest BCUT2D eigenvalue weighted by atomic mass is 10.1. The van der Waals surface area contributed by atoms with Crippen LogP contribution >= 0.6 is 15.9 Å². The van der Waals surface area contributed by atoms with Gasteiger partial charge in [0.1, 0.15) is 5.75 Å².